The van der Waals surface area contributed by atoms with E-state index in [4.69, 9.17) is 21.9 Å². The van der Waals surface area contributed by atoms with Crippen molar-refractivity contribution in [3.8, 4) is 11.5 Å². The Morgan fingerprint density at radius 3 is 3.00 bits per heavy atom. The van der Waals surface area contributed by atoms with Gasteiger partial charge in [-0.05, 0) is 24.6 Å². The zero-order valence-electron chi connectivity index (χ0n) is 9.56. The summed E-state index contributed by atoms with van der Waals surface area (Å²) in [5.74, 6) is 1.11. The van der Waals surface area contributed by atoms with E-state index in [0.29, 0.717) is 23.2 Å². The summed E-state index contributed by atoms with van der Waals surface area (Å²) in [5.41, 5.74) is 6.65. The summed E-state index contributed by atoms with van der Waals surface area (Å²) < 4.78 is 5.18. The predicted octanol–water partition coefficient (Wildman–Crippen LogP) is 2.67. The van der Waals surface area contributed by atoms with Crippen LogP contribution in [-0.4, -0.2) is 16.2 Å². The fraction of sp³-hybridized carbons (Fsp3) is 0.333. The second-order valence-electron chi connectivity index (χ2n) is 3.90. The minimum absolute atomic E-state index is 0.0693. The lowest BCUT2D eigenvalue weighted by Gasteiger charge is -2.02. The van der Waals surface area contributed by atoms with Crippen LogP contribution in [-0.2, 0) is 6.42 Å². The maximum Gasteiger partial charge on any atom is 0.257 e. The van der Waals surface area contributed by atoms with Gasteiger partial charge >= 0.3 is 0 Å². The minimum atomic E-state index is 0.0693. The highest BCUT2D eigenvalue weighted by Crippen LogP contribution is 2.21. The zero-order valence-corrected chi connectivity index (χ0v) is 10.3. The topological polar surface area (TPSA) is 64.9 Å². The minimum Gasteiger partial charge on any atom is -0.334 e. The van der Waals surface area contributed by atoms with Crippen molar-refractivity contribution in [2.75, 3.05) is 0 Å². The van der Waals surface area contributed by atoms with E-state index < -0.39 is 0 Å². The van der Waals surface area contributed by atoms with Crippen LogP contribution in [0.15, 0.2) is 28.8 Å². The lowest BCUT2D eigenvalue weighted by Crippen LogP contribution is -2.21. The van der Waals surface area contributed by atoms with Crippen molar-refractivity contribution in [2.45, 2.75) is 25.8 Å². The van der Waals surface area contributed by atoms with Crippen molar-refractivity contribution in [3.63, 3.8) is 0 Å². The first kappa shape index (κ1) is 12.1. The number of halogens is 1. The third-order valence-electron chi connectivity index (χ3n) is 2.51. The molecule has 1 aromatic carbocycles. The molecule has 0 radical (unpaired) electrons. The van der Waals surface area contributed by atoms with Gasteiger partial charge in [-0.3, -0.25) is 0 Å². The molecule has 1 heterocycles. The number of nitrogens with two attached hydrogens (primary N) is 1. The largest absolute Gasteiger partial charge is 0.334 e. The van der Waals surface area contributed by atoms with Crippen molar-refractivity contribution in [3.05, 3.63) is 35.1 Å². The SMILES string of the molecule is CCC(N)Cc1noc(-c2cccc(Cl)c2)n1. The molecular weight excluding hydrogens is 238 g/mol. The first-order valence-corrected chi connectivity index (χ1v) is 5.91. The number of hydrogen-bond donors (Lipinski definition) is 1. The first-order chi connectivity index (χ1) is 8.19. The molecule has 1 atom stereocenters. The molecule has 1 unspecified atom stereocenters. The second kappa shape index (κ2) is 5.29. The fourth-order valence-corrected chi connectivity index (χ4v) is 1.64. The molecule has 17 heavy (non-hydrogen) atoms. The molecule has 5 heteroatoms. The van der Waals surface area contributed by atoms with Crippen LogP contribution < -0.4 is 5.73 Å². The molecule has 1 aromatic heterocycles. The molecule has 0 bridgehead atoms. The maximum absolute atomic E-state index is 5.90. The molecule has 2 N–H and O–H groups in total. The first-order valence-electron chi connectivity index (χ1n) is 5.53. The summed E-state index contributed by atoms with van der Waals surface area (Å²) in [6.07, 6.45) is 1.52. The average molecular weight is 252 g/mol. The summed E-state index contributed by atoms with van der Waals surface area (Å²) in [5, 5.41) is 4.55. The third-order valence-corrected chi connectivity index (χ3v) is 2.74. The highest BCUT2D eigenvalue weighted by Gasteiger charge is 2.11. The second-order valence-corrected chi connectivity index (χ2v) is 4.33. The number of hydrogen-bond acceptors (Lipinski definition) is 4. The normalized spacial score (nSPS) is 12.6. The van der Waals surface area contributed by atoms with Gasteiger partial charge in [0, 0.05) is 23.0 Å². The van der Waals surface area contributed by atoms with Crippen molar-refractivity contribution < 1.29 is 4.52 Å². The van der Waals surface area contributed by atoms with Gasteiger partial charge in [0.15, 0.2) is 5.82 Å². The summed E-state index contributed by atoms with van der Waals surface area (Å²) >= 11 is 5.90. The van der Waals surface area contributed by atoms with Crippen LogP contribution in [0.25, 0.3) is 11.5 Å². The smallest absolute Gasteiger partial charge is 0.257 e. The summed E-state index contributed by atoms with van der Waals surface area (Å²) in [4.78, 5) is 4.29. The van der Waals surface area contributed by atoms with Crippen LogP contribution in [0.4, 0.5) is 0 Å². The molecule has 90 valence electrons. The average Bonchev–Trinajstić information content (AvgIpc) is 2.77. The van der Waals surface area contributed by atoms with Crippen molar-refractivity contribution >= 4 is 11.6 Å². The molecule has 0 aliphatic carbocycles. The van der Waals surface area contributed by atoms with Crippen molar-refractivity contribution in [2.24, 2.45) is 5.73 Å². The molecule has 0 saturated carbocycles. The van der Waals surface area contributed by atoms with Gasteiger partial charge in [-0.15, -0.1) is 0 Å². The van der Waals surface area contributed by atoms with Gasteiger partial charge in [0.2, 0.25) is 0 Å². The molecule has 4 nitrogen and oxygen atoms in total. The van der Waals surface area contributed by atoms with Crippen molar-refractivity contribution in [1.29, 1.82) is 0 Å². The Kier molecular flexibility index (Phi) is 3.76. The lowest BCUT2D eigenvalue weighted by atomic mass is 10.1. The molecule has 2 rings (SSSR count). The molecule has 0 saturated heterocycles. The van der Waals surface area contributed by atoms with Gasteiger partial charge in [-0.2, -0.15) is 4.98 Å². The number of aromatic nitrogens is 2. The van der Waals surface area contributed by atoms with E-state index in [1.165, 1.54) is 0 Å². The summed E-state index contributed by atoms with van der Waals surface area (Å²) in [6.45, 7) is 2.03. The van der Waals surface area contributed by atoms with Crippen LogP contribution in [0.3, 0.4) is 0 Å². The Balaban J connectivity index is 2.18. The fourth-order valence-electron chi connectivity index (χ4n) is 1.45. The van der Waals surface area contributed by atoms with E-state index in [1.807, 2.05) is 19.1 Å². The summed E-state index contributed by atoms with van der Waals surface area (Å²) in [6, 6.07) is 7.38. The van der Waals surface area contributed by atoms with E-state index in [0.717, 1.165) is 12.0 Å². The molecule has 0 aliphatic rings. The highest BCUT2D eigenvalue weighted by molar-refractivity contribution is 6.30. The molecule has 0 amide bonds. The van der Waals surface area contributed by atoms with E-state index in [1.54, 1.807) is 12.1 Å². The van der Waals surface area contributed by atoms with Crippen molar-refractivity contribution in [1.82, 2.24) is 10.1 Å². The van der Waals surface area contributed by atoms with Gasteiger partial charge in [0.25, 0.3) is 5.89 Å². The van der Waals surface area contributed by atoms with E-state index >= 15 is 0 Å². The molecule has 2 aromatic rings. The van der Waals surface area contributed by atoms with Crippen LogP contribution in [0.2, 0.25) is 5.02 Å². The number of rotatable bonds is 4. The standard InChI is InChI=1S/C12H14ClN3O/c1-2-10(14)7-11-15-12(17-16-11)8-4-3-5-9(13)6-8/h3-6,10H,2,7,14H2,1H3. The lowest BCUT2D eigenvalue weighted by molar-refractivity contribution is 0.419. The Labute approximate surface area is 105 Å². The van der Waals surface area contributed by atoms with Crippen LogP contribution in [0.1, 0.15) is 19.2 Å². The third kappa shape index (κ3) is 3.05. The quantitative estimate of drug-likeness (QED) is 0.907. The van der Waals surface area contributed by atoms with E-state index in [2.05, 4.69) is 10.1 Å². The molecule has 0 aliphatic heterocycles. The van der Waals surface area contributed by atoms with Gasteiger partial charge in [0.05, 0.1) is 0 Å². The molecule has 0 spiro atoms. The van der Waals surface area contributed by atoms with Crippen LogP contribution in [0, 0.1) is 0 Å². The number of nitrogens with zero attached hydrogens (tertiary/aromatic N) is 2. The Hall–Kier alpha value is -1.39. The zero-order chi connectivity index (χ0) is 12.3. The van der Waals surface area contributed by atoms with Gasteiger partial charge < -0.3 is 10.3 Å². The van der Waals surface area contributed by atoms with Gasteiger partial charge in [-0.1, -0.05) is 29.7 Å². The Morgan fingerprint density at radius 1 is 1.47 bits per heavy atom. The van der Waals surface area contributed by atoms with E-state index in [-0.39, 0.29) is 6.04 Å². The van der Waals surface area contributed by atoms with E-state index in [9.17, 15) is 0 Å². The summed E-state index contributed by atoms with van der Waals surface area (Å²) in [7, 11) is 0. The van der Waals surface area contributed by atoms with Gasteiger partial charge in [-0.25, -0.2) is 0 Å². The predicted molar refractivity (Wildman–Crippen MR) is 66.7 cm³/mol. The Bertz CT molecular complexity index is 498. The molecule has 0 fully saturated rings. The van der Waals surface area contributed by atoms with Gasteiger partial charge in [0.1, 0.15) is 0 Å². The molecular formula is C12H14ClN3O. The van der Waals surface area contributed by atoms with Crippen LogP contribution >= 0.6 is 11.6 Å². The Morgan fingerprint density at radius 2 is 2.29 bits per heavy atom. The van der Waals surface area contributed by atoms with Crippen LogP contribution in [0.5, 0.6) is 0 Å². The number of benzene rings is 1. The highest BCUT2D eigenvalue weighted by atomic mass is 35.5. The maximum atomic E-state index is 5.90. The monoisotopic (exact) mass is 251 g/mol.